The third-order valence-electron chi connectivity index (χ3n) is 3.91. The standard InChI is InChI=1S/C15H20Cl2N2O/c1-10-3-2-4-11(9-10)7-8-18-15(20)14-12(16)5-6-13(17)19-14/h5-6,10-11H,2-4,7-9H2,1H3,(H,18,20). The van der Waals surface area contributed by atoms with Crippen molar-refractivity contribution in [3.05, 3.63) is 28.0 Å². The summed E-state index contributed by atoms with van der Waals surface area (Å²) in [4.78, 5) is 16.0. The SMILES string of the molecule is CC1CCCC(CCNC(=O)c2nc(Cl)ccc2Cl)C1. The van der Waals surface area contributed by atoms with Gasteiger partial charge < -0.3 is 5.32 Å². The first-order chi connectivity index (χ1) is 9.56. The third kappa shape index (κ3) is 4.35. The number of hydrogen-bond acceptors (Lipinski definition) is 2. The third-order valence-corrected chi connectivity index (χ3v) is 4.43. The number of hydrogen-bond donors (Lipinski definition) is 1. The molecule has 2 unspecified atom stereocenters. The monoisotopic (exact) mass is 314 g/mol. The van der Waals surface area contributed by atoms with E-state index in [0.717, 1.165) is 18.3 Å². The summed E-state index contributed by atoms with van der Waals surface area (Å²) in [5.41, 5.74) is 0.205. The van der Waals surface area contributed by atoms with Crippen molar-refractivity contribution in [2.75, 3.05) is 6.54 Å². The van der Waals surface area contributed by atoms with Gasteiger partial charge in [0.1, 0.15) is 10.8 Å². The van der Waals surface area contributed by atoms with Crippen molar-refractivity contribution < 1.29 is 4.79 Å². The van der Waals surface area contributed by atoms with Crippen molar-refractivity contribution in [2.45, 2.75) is 39.0 Å². The predicted octanol–water partition coefficient (Wildman–Crippen LogP) is 4.33. The van der Waals surface area contributed by atoms with Gasteiger partial charge in [-0.25, -0.2) is 4.98 Å². The van der Waals surface area contributed by atoms with Gasteiger partial charge in [-0.2, -0.15) is 0 Å². The molecule has 0 radical (unpaired) electrons. The fraction of sp³-hybridized carbons (Fsp3) is 0.600. The first kappa shape index (κ1) is 15.6. The van der Waals surface area contributed by atoms with Crippen molar-refractivity contribution in [3.8, 4) is 0 Å². The summed E-state index contributed by atoms with van der Waals surface area (Å²) in [5.74, 6) is 1.29. The Bertz CT molecular complexity index is 479. The van der Waals surface area contributed by atoms with Crippen LogP contribution in [-0.2, 0) is 0 Å². The number of nitrogens with zero attached hydrogens (tertiary/aromatic N) is 1. The summed E-state index contributed by atoms with van der Waals surface area (Å²) in [7, 11) is 0. The molecule has 20 heavy (non-hydrogen) atoms. The molecule has 5 heteroatoms. The Morgan fingerprint density at radius 1 is 1.40 bits per heavy atom. The number of pyridine rings is 1. The van der Waals surface area contributed by atoms with Gasteiger partial charge in [-0.1, -0.05) is 49.4 Å². The molecule has 1 N–H and O–H groups in total. The van der Waals surface area contributed by atoms with Gasteiger partial charge in [0.25, 0.3) is 5.91 Å². The van der Waals surface area contributed by atoms with E-state index < -0.39 is 0 Å². The van der Waals surface area contributed by atoms with Gasteiger partial charge in [0, 0.05) is 6.54 Å². The zero-order valence-electron chi connectivity index (χ0n) is 11.7. The Labute approximate surface area is 130 Å². The maximum atomic E-state index is 12.0. The molecule has 1 heterocycles. The van der Waals surface area contributed by atoms with Gasteiger partial charge in [0.05, 0.1) is 5.02 Å². The van der Waals surface area contributed by atoms with Crippen molar-refractivity contribution in [3.63, 3.8) is 0 Å². The van der Waals surface area contributed by atoms with Crippen LogP contribution in [0.15, 0.2) is 12.1 Å². The minimum absolute atomic E-state index is 0.205. The van der Waals surface area contributed by atoms with Crippen LogP contribution in [0.4, 0.5) is 0 Å². The molecule has 1 aromatic rings. The molecule has 0 aliphatic heterocycles. The number of carbonyl (C=O) groups excluding carboxylic acids is 1. The molecular formula is C15H20Cl2N2O. The second-order valence-corrected chi connectivity index (χ2v) is 6.44. The van der Waals surface area contributed by atoms with Crippen LogP contribution in [0.5, 0.6) is 0 Å². The summed E-state index contributed by atoms with van der Waals surface area (Å²) in [6.07, 6.45) is 6.21. The lowest BCUT2D eigenvalue weighted by Gasteiger charge is -2.26. The quantitative estimate of drug-likeness (QED) is 0.840. The maximum Gasteiger partial charge on any atom is 0.271 e. The van der Waals surface area contributed by atoms with Gasteiger partial charge in [0.2, 0.25) is 0 Å². The fourth-order valence-corrected chi connectivity index (χ4v) is 3.21. The molecule has 0 aromatic carbocycles. The predicted molar refractivity (Wildman–Crippen MR) is 82.3 cm³/mol. The van der Waals surface area contributed by atoms with Crippen LogP contribution in [0.25, 0.3) is 0 Å². The summed E-state index contributed by atoms with van der Waals surface area (Å²) in [6.45, 7) is 2.97. The Kier molecular flexibility index (Phi) is 5.67. The second kappa shape index (κ2) is 7.28. The maximum absolute atomic E-state index is 12.0. The number of amides is 1. The Morgan fingerprint density at radius 2 is 2.20 bits per heavy atom. The van der Waals surface area contributed by atoms with Crippen LogP contribution >= 0.6 is 23.2 Å². The van der Waals surface area contributed by atoms with Crippen molar-refractivity contribution in [2.24, 2.45) is 11.8 Å². The summed E-state index contributed by atoms with van der Waals surface area (Å²) < 4.78 is 0. The second-order valence-electron chi connectivity index (χ2n) is 5.65. The molecule has 1 amide bonds. The number of halogens is 2. The average molecular weight is 315 g/mol. The molecule has 0 bridgehead atoms. The lowest BCUT2D eigenvalue weighted by atomic mass is 9.81. The Hall–Kier alpha value is -0.800. The summed E-state index contributed by atoms with van der Waals surface area (Å²) in [5, 5.41) is 3.49. The van der Waals surface area contributed by atoms with E-state index in [1.165, 1.54) is 25.7 Å². The molecule has 3 nitrogen and oxygen atoms in total. The normalized spacial score (nSPS) is 22.6. The highest BCUT2D eigenvalue weighted by Crippen LogP contribution is 2.30. The minimum atomic E-state index is -0.249. The fourth-order valence-electron chi connectivity index (χ4n) is 2.87. The van der Waals surface area contributed by atoms with Crippen LogP contribution in [0.1, 0.15) is 49.5 Å². The highest BCUT2D eigenvalue weighted by atomic mass is 35.5. The first-order valence-corrected chi connectivity index (χ1v) is 7.92. The number of carbonyl (C=O) groups is 1. The van der Waals surface area contributed by atoms with Crippen LogP contribution in [0.2, 0.25) is 10.2 Å². The van der Waals surface area contributed by atoms with E-state index in [4.69, 9.17) is 23.2 Å². The van der Waals surface area contributed by atoms with Gasteiger partial charge in [0.15, 0.2) is 0 Å². The molecule has 2 rings (SSSR count). The van der Waals surface area contributed by atoms with E-state index in [9.17, 15) is 4.79 Å². The molecule has 2 atom stereocenters. The highest BCUT2D eigenvalue weighted by Gasteiger charge is 2.19. The van der Waals surface area contributed by atoms with Crippen LogP contribution in [0, 0.1) is 11.8 Å². The van der Waals surface area contributed by atoms with Crippen LogP contribution < -0.4 is 5.32 Å². The molecule has 1 aliphatic carbocycles. The van der Waals surface area contributed by atoms with E-state index in [0.29, 0.717) is 11.6 Å². The van der Waals surface area contributed by atoms with Gasteiger partial charge >= 0.3 is 0 Å². The minimum Gasteiger partial charge on any atom is -0.351 e. The molecule has 110 valence electrons. The lowest BCUT2D eigenvalue weighted by molar-refractivity contribution is 0.0945. The van der Waals surface area contributed by atoms with E-state index in [1.54, 1.807) is 12.1 Å². The lowest BCUT2D eigenvalue weighted by Crippen LogP contribution is -2.28. The zero-order valence-corrected chi connectivity index (χ0v) is 13.2. The van der Waals surface area contributed by atoms with Crippen molar-refractivity contribution >= 4 is 29.1 Å². The van der Waals surface area contributed by atoms with Crippen molar-refractivity contribution in [1.82, 2.24) is 10.3 Å². The Balaban J connectivity index is 1.81. The molecule has 0 spiro atoms. The van der Waals surface area contributed by atoms with Gasteiger partial charge in [-0.3, -0.25) is 4.79 Å². The molecule has 0 saturated heterocycles. The largest absolute Gasteiger partial charge is 0.351 e. The molecule has 1 aromatic heterocycles. The van der Waals surface area contributed by atoms with Crippen LogP contribution in [-0.4, -0.2) is 17.4 Å². The van der Waals surface area contributed by atoms with Gasteiger partial charge in [-0.15, -0.1) is 0 Å². The van der Waals surface area contributed by atoms with Crippen LogP contribution in [0.3, 0.4) is 0 Å². The molecule has 1 fully saturated rings. The van der Waals surface area contributed by atoms with E-state index in [2.05, 4.69) is 17.2 Å². The smallest absolute Gasteiger partial charge is 0.271 e. The number of nitrogens with one attached hydrogen (secondary N) is 1. The van der Waals surface area contributed by atoms with Crippen molar-refractivity contribution in [1.29, 1.82) is 0 Å². The summed E-state index contributed by atoms with van der Waals surface area (Å²) >= 11 is 11.7. The zero-order chi connectivity index (χ0) is 14.5. The van der Waals surface area contributed by atoms with E-state index in [1.807, 2.05) is 0 Å². The van der Waals surface area contributed by atoms with Gasteiger partial charge in [-0.05, 0) is 36.8 Å². The molecular weight excluding hydrogens is 295 g/mol. The first-order valence-electron chi connectivity index (χ1n) is 7.16. The number of rotatable bonds is 4. The van der Waals surface area contributed by atoms with E-state index in [-0.39, 0.29) is 16.8 Å². The highest BCUT2D eigenvalue weighted by molar-refractivity contribution is 6.34. The van der Waals surface area contributed by atoms with E-state index >= 15 is 0 Å². The molecule has 1 saturated carbocycles. The topological polar surface area (TPSA) is 42.0 Å². The Morgan fingerprint density at radius 3 is 2.95 bits per heavy atom. The summed E-state index contributed by atoms with van der Waals surface area (Å²) in [6, 6.07) is 3.17. The molecule has 1 aliphatic rings. The number of aromatic nitrogens is 1. The average Bonchev–Trinajstić information content (AvgIpc) is 2.41.